The van der Waals surface area contributed by atoms with Crippen LogP contribution in [0.15, 0.2) is 11.1 Å². The van der Waals surface area contributed by atoms with E-state index in [1.54, 1.807) is 0 Å². The van der Waals surface area contributed by atoms with E-state index in [0.29, 0.717) is 0 Å². The Balaban J connectivity index is 0.000000307. The molecule has 4 aliphatic rings. The maximum Gasteiger partial charge on any atom is 2.00 e. The Labute approximate surface area is 178 Å². The van der Waals surface area contributed by atoms with Gasteiger partial charge in [0, 0.05) is 0 Å². The van der Waals surface area contributed by atoms with Crippen molar-refractivity contribution in [3.8, 4) is 0 Å². The van der Waals surface area contributed by atoms with Gasteiger partial charge in [-0.25, -0.2) is 0 Å². The Morgan fingerprint density at radius 2 is 0.800 bits per heavy atom. The van der Waals surface area contributed by atoms with Gasteiger partial charge in [0.05, 0.1) is 0 Å². The average molecular weight is 412 g/mol. The van der Waals surface area contributed by atoms with Crippen LogP contribution in [0.5, 0.6) is 0 Å². The molecule has 0 N–H and O–H groups in total. The van der Waals surface area contributed by atoms with Gasteiger partial charge in [0.1, 0.15) is 0 Å². The summed E-state index contributed by atoms with van der Waals surface area (Å²) < 4.78 is 0. The first-order valence-corrected chi connectivity index (χ1v) is 9.25. The standard InChI is InChI=1S/2C7H11.2C5H5.Zr/c2*1-7-5-3-2-4-6-7;2*1-2-4-5-3-1;/h2*2-5H2,1H3;2*1-5H;/q2*-1;;;+2. The zero-order valence-electron chi connectivity index (χ0n) is 15.9. The van der Waals surface area contributed by atoms with Crippen molar-refractivity contribution in [2.75, 3.05) is 0 Å². The number of hydrogen-bond donors (Lipinski definition) is 0. The van der Waals surface area contributed by atoms with Crippen LogP contribution in [0.1, 0.15) is 65.2 Å². The van der Waals surface area contributed by atoms with Crippen molar-refractivity contribution in [3.05, 3.63) is 87.5 Å². The summed E-state index contributed by atoms with van der Waals surface area (Å²) in [6.45, 7) is 4.33. The number of allylic oxidation sites excluding steroid dienone is 4. The molecule has 0 aromatic heterocycles. The summed E-state index contributed by atoms with van der Waals surface area (Å²) in [7, 11) is 0. The molecule has 0 bridgehead atoms. The summed E-state index contributed by atoms with van der Waals surface area (Å²) in [5, 5.41) is 0. The molecule has 4 rings (SSSR count). The molecular weight excluding hydrogens is 379 g/mol. The van der Waals surface area contributed by atoms with E-state index in [2.05, 4.69) is 26.0 Å². The SMILES string of the molecule is CC1=[C-]CCCC1.CC1=[C-]CCCC1.[CH]1[CH][CH][CH][CH]1.[CH]1[CH][CH][CH][CH]1.[Zr+2]. The van der Waals surface area contributed by atoms with Gasteiger partial charge in [-0.3, -0.25) is 11.1 Å². The monoisotopic (exact) mass is 410 g/mol. The molecule has 10 radical (unpaired) electrons. The van der Waals surface area contributed by atoms with Crippen LogP contribution in [0, 0.1) is 76.4 Å². The minimum Gasteiger partial charge on any atom is -0.497 e. The van der Waals surface area contributed by atoms with Gasteiger partial charge in [-0.15, -0.1) is 0 Å². The average Bonchev–Trinajstić information content (AvgIpc) is 3.36. The third kappa shape index (κ3) is 17.5. The predicted octanol–water partition coefficient (Wildman–Crippen LogP) is 6.66. The summed E-state index contributed by atoms with van der Waals surface area (Å²) >= 11 is 0. The molecule has 4 aliphatic carbocycles. The third-order valence-corrected chi connectivity index (χ3v) is 3.92. The Bertz CT molecular complexity index is 283. The topological polar surface area (TPSA) is 0 Å². The van der Waals surface area contributed by atoms with Crippen LogP contribution < -0.4 is 0 Å². The Hall–Kier alpha value is 0.363. The van der Waals surface area contributed by atoms with Crippen LogP contribution in [-0.2, 0) is 26.2 Å². The Kier molecular flexibility index (Phi) is 19.4. The van der Waals surface area contributed by atoms with Crippen molar-refractivity contribution in [2.24, 2.45) is 0 Å². The summed E-state index contributed by atoms with van der Waals surface area (Å²) in [5.41, 5.74) is 2.93. The van der Waals surface area contributed by atoms with Crippen molar-refractivity contribution in [1.82, 2.24) is 0 Å². The first-order chi connectivity index (χ1) is 11.8. The maximum absolute atomic E-state index is 3.30. The van der Waals surface area contributed by atoms with E-state index in [9.17, 15) is 0 Å². The first kappa shape index (κ1) is 25.4. The van der Waals surface area contributed by atoms with E-state index in [1.807, 2.05) is 64.2 Å². The molecule has 0 heterocycles. The fourth-order valence-corrected chi connectivity index (χ4v) is 2.45. The van der Waals surface area contributed by atoms with Gasteiger partial charge in [0.2, 0.25) is 0 Å². The Morgan fingerprint density at radius 1 is 0.520 bits per heavy atom. The van der Waals surface area contributed by atoms with Crippen LogP contribution in [0.4, 0.5) is 0 Å². The van der Waals surface area contributed by atoms with Gasteiger partial charge in [0.25, 0.3) is 0 Å². The van der Waals surface area contributed by atoms with E-state index >= 15 is 0 Å². The molecule has 0 atom stereocenters. The van der Waals surface area contributed by atoms with Gasteiger partial charge in [-0.05, 0) is 64.2 Å². The zero-order chi connectivity index (χ0) is 17.3. The molecule has 0 aromatic rings. The molecule has 0 unspecified atom stereocenters. The van der Waals surface area contributed by atoms with Crippen molar-refractivity contribution in [1.29, 1.82) is 0 Å². The minimum atomic E-state index is 0. The van der Waals surface area contributed by atoms with Gasteiger partial charge < -0.3 is 12.2 Å². The molecule has 0 aliphatic heterocycles. The smallest absolute Gasteiger partial charge is 0.497 e. The van der Waals surface area contributed by atoms with E-state index < -0.39 is 0 Å². The molecule has 2 fully saturated rings. The summed E-state index contributed by atoms with van der Waals surface area (Å²) in [4.78, 5) is 0. The summed E-state index contributed by atoms with van der Waals surface area (Å²) in [5.74, 6) is 0. The van der Waals surface area contributed by atoms with Gasteiger partial charge in [-0.1, -0.05) is 52.4 Å². The second kappa shape index (κ2) is 19.1. The van der Waals surface area contributed by atoms with Crippen LogP contribution in [0.3, 0.4) is 0 Å². The molecule has 25 heavy (non-hydrogen) atoms. The quantitative estimate of drug-likeness (QED) is 0.391. The van der Waals surface area contributed by atoms with Crippen LogP contribution in [0.2, 0.25) is 0 Å². The van der Waals surface area contributed by atoms with Crippen LogP contribution in [-0.4, -0.2) is 0 Å². The first-order valence-electron chi connectivity index (χ1n) is 9.25. The number of hydrogen-bond acceptors (Lipinski definition) is 0. The predicted molar refractivity (Wildman–Crippen MR) is 105 cm³/mol. The molecule has 0 amide bonds. The van der Waals surface area contributed by atoms with E-state index in [0.717, 1.165) is 0 Å². The van der Waals surface area contributed by atoms with Crippen molar-refractivity contribution >= 4 is 0 Å². The van der Waals surface area contributed by atoms with Crippen LogP contribution >= 0.6 is 0 Å². The molecule has 132 valence electrons. The maximum atomic E-state index is 3.30. The van der Waals surface area contributed by atoms with Crippen molar-refractivity contribution < 1.29 is 26.2 Å². The molecule has 0 nitrogen and oxygen atoms in total. The fraction of sp³-hybridized carbons (Fsp3) is 0.417. The summed E-state index contributed by atoms with van der Waals surface area (Å²) in [6, 6.07) is 0. The van der Waals surface area contributed by atoms with Gasteiger partial charge in [-0.2, -0.15) is 12.8 Å². The molecule has 0 saturated heterocycles. The second-order valence-electron chi connectivity index (χ2n) is 6.25. The summed E-state index contributed by atoms with van der Waals surface area (Å²) in [6.07, 6.45) is 37.1. The van der Waals surface area contributed by atoms with Gasteiger partial charge in [0.15, 0.2) is 0 Å². The Morgan fingerprint density at radius 3 is 0.920 bits per heavy atom. The molecule has 1 heteroatoms. The van der Waals surface area contributed by atoms with Crippen LogP contribution in [0.25, 0.3) is 0 Å². The van der Waals surface area contributed by atoms with E-state index in [1.165, 1.54) is 62.5 Å². The zero-order valence-corrected chi connectivity index (χ0v) is 18.4. The van der Waals surface area contributed by atoms with E-state index in [4.69, 9.17) is 0 Å². The fourth-order valence-electron chi connectivity index (χ4n) is 2.45. The normalized spacial score (nSPS) is 21.7. The third-order valence-electron chi connectivity index (χ3n) is 3.92. The van der Waals surface area contributed by atoms with E-state index in [-0.39, 0.29) is 26.2 Å². The minimum absolute atomic E-state index is 0. The van der Waals surface area contributed by atoms with Gasteiger partial charge >= 0.3 is 26.2 Å². The molecular formula is C24H32Zr. The molecule has 0 spiro atoms. The molecule has 2 saturated carbocycles. The second-order valence-corrected chi connectivity index (χ2v) is 6.25. The van der Waals surface area contributed by atoms with Crippen molar-refractivity contribution in [2.45, 2.75) is 65.2 Å². The van der Waals surface area contributed by atoms with Crippen molar-refractivity contribution in [3.63, 3.8) is 0 Å². The largest absolute Gasteiger partial charge is 2.00 e. The number of rotatable bonds is 0. The molecule has 0 aromatic carbocycles.